The van der Waals surface area contributed by atoms with Crippen LogP contribution in [0, 0.1) is 0 Å². The zero-order chi connectivity index (χ0) is 21.5. The molecule has 11 heteroatoms. The average molecular weight is 451 g/mol. The molecule has 2 heterocycles. The van der Waals surface area contributed by atoms with Crippen LogP contribution >= 0.6 is 23.2 Å². The summed E-state index contributed by atoms with van der Waals surface area (Å²) in [7, 11) is 0. The van der Waals surface area contributed by atoms with E-state index in [1.165, 1.54) is 18.2 Å². The molecule has 9 nitrogen and oxygen atoms in total. The molecule has 30 heavy (non-hydrogen) atoms. The van der Waals surface area contributed by atoms with Gasteiger partial charge in [-0.2, -0.15) is 0 Å². The summed E-state index contributed by atoms with van der Waals surface area (Å²) < 4.78 is 0. The van der Waals surface area contributed by atoms with Gasteiger partial charge in [0.15, 0.2) is 0 Å². The van der Waals surface area contributed by atoms with Gasteiger partial charge in [-0.1, -0.05) is 23.2 Å². The molecule has 0 saturated carbocycles. The van der Waals surface area contributed by atoms with Crippen molar-refractivity contribution in [2.24, 2.45) is 0 Å². The first-order valence-corrected chi connectivity index (χ1v) is 9.99. The zero-order valence-electron chi connectivity index (χ0n) is 16.0. The molecule has 1 fully saturated rings. The topological polar surface area (TPSA) is 108 Å². The van der Waals surface area contributed by atoms with E-state index in [1.54, 1.807) is 23.4 Å². The standard InChI is InChI=1S/C19H20Cl2N6O3/c20-13-2-3-14(15(21)10-13)18(30)25-11-16(28)24-12-17(29)26-6-8-27(9-7-26)19-22-4-1-5-23-19/h1-5,10H,6-9,11-12H2,(H,24,28)(H,25,30). The summed E-state index contributed by atoms with van der Waals surface area (Å²) in [6, 6.07) is 6.20. The minimum atomic E-state index is -0.502. The molecule has 1 aliphatic heterocycles. The van der Waals surface area contributed by atoms with Gasteiger partial charge < -0.3 is 20.4 Å². The van der Waals surface area contributed by atoms with Crippen molar-refractivity contribution in [3.05, 3.63) is 52.3 Å². The van der Waals surface area contributed by atoms with E-state index >= 15 is 0 Å². The Morgan fingerprint density at radius 2 is 1.67 bits per heavy atom. The van der Waals surface area contributed by atoms with Gasteiger partial charge in [-0.3, -0.25) is 14.4 Å². The Hall–Kier alpha value is -2.91. The lowest BCUT2D eigenvalue weighted by molar-refractivity contribution is -0.132. The number of nitrogens with zero attached hydrogens (tertiary/aromatic N) is 4. The average Bonchev–Trinajstić information content (AvgIpc) is 2.76. The SMILES string of the molecule is O=C(CNC(=O)c1ccc(Cl)cc1Cl)NCC(=O)N1CCN(c2ncccn2)CC1. The summed E-state index contributed by atoms with van der Waals surface area (Å²) in [4.78, 5) is 48.5. The quantitative estimate of drug-likeness (QED) is 0.678. The fraction of sp³-hybridized carbons (Fsp3) is 0.316. The van der Waals surface area contributed by atoms with Gasteiger partial charge in [0.1, 0.15) is 0 Å². The Kier molecular flexibility index (Phi) is 7.42. The van der Waals surface area contributed by atoms with E-state index in [0.717, 1.165) is 0 Å². The van der Waals surface area contributed by atoms with E-state index in [4.69, 9.17) is 23.2 Å². The third-order valence-corrected chi connectivity index (χ3v) is 5.04. The maximum absolute atomic E-state index is 12.3. The molecular weight excluding hydrogens is 431 g/mol. The van der Waals surface area contributed by atoms with Crippen LogP contribution in [0.4, 0.5) is 5.95 Å². The summed E-state index contributed by atoms with van der Waals surface area (Å²) in [5.41, 5.74) is 0.213. The van der Waals surface area contributed by atoms with Gasteiger partial charge in [-0.25, -0.2) is 9.97 Å². The van der Waals surface area contributed by atoms with Crippen LogP contribution < -0.4 is 15.5 Å². The second-order valence-electron chi connectivity index (χ2n) is 6.50. The number of carbonyl (C=O) groups is 3. The number of halogens is 2. The highest BCUT2D eigenvalue weighted by molar-refractivity contribution is 6.36. The number of hydrogen-bond donors (Lipinski definition) is 2. The van der Waals surface area contributed by atoms with Crippen LogP contribution in [-0.2, 0) is 9.59 Å². The number of anilines is 1. The lowest BCUT2D eigenvalue weighted by Gasteiger charge is -2.34. The fourth-order valence-electron chi connectivity index (χ4n) is 2.89. The van der Waals surface area contributed by atoms with Gasteiger partial charge in [-0.05, 0) is 24.3 Å². The Labute approximate surface area is 183 Å². The Bertz CT molecular complexity index is 920. The van der Waals surface area contributed by atoms with Crippen LogP contribution in [0.2, 0.25) is 10.0 Å². The van der Waals surface area contributed by atoms with Crippen LogP contribution in [0.15, 0.2) is 36.7 Å². The summed E-state index contributed by atoms with van der Waals surface area (Å²) in [6.07, 6.45) is 3.35. The molecule has 0 atom stereocenters. The largest absolute Gasteiger partial charge is 0.345 e. The van der Waals surface area contributed by atoms with Crippen molar-refractivity contribution in [3.8, 4) is 0 Å². The molecular formula is C19H20Cl2N6O3. The van der Waals surface area contributed by atoms with E-state index in [9.17, 15) is 14.4 Å². The molecule has 158 valence electrons. The number of nitrogens with one attached hydrogen (secondary N) is 2. The molecule has 1 aromatic heterocycles. The first-order valence-electron chi connectivity index (χ1n) is 9.23. The van der Waals surface area contributed by atoms with Gasteiger partial charge in [0, 0.05) is 43.6 Å². The molecule has 0 spiro atoms. The molecule has 0 aliphatic carbocycles. The van der Waals surface area contributed by atoms with Gasteiger partial charge >= 0.3 is 0 Å². The number of benzene rings is 1. The smallest absolute Gasteiger partial charge is 0.253 e. The van der Waals surface area contributed by atoms with E-state index in [2.05, 4.69) is 20.6 Å². The van der Waals surface area contributed by atoms with E-state index in [1.807, 2.05) is 4.90 Å². The minimum absolute atomic E-state index is 0.141. The van der Waals surface area contributed by atoms with Crippen LogP contribution in [0.5, 0.6) is 0 Å². The Balaban J connectivity index is 1.38. The summed E-state index contributed by atoms with van der Waals surface area (Å²) in [6.45, 7) is 1.84. The normalized spacial score (nSPS) is 13.7. The third-order valence-electron chi connectivity index (χ3n) is 4.49. The molecule has 0 unspecified atom stereocenters. The van der Waals surface area contributed by atoms with Crippen molar-refractivity contribution in [1.82, 2.24) is 25.5 Å². The number of aromatic nitrogens is 2. The van der Waals surface area contributed by atoms with Crippen molar-refractivity contribution in [3.63, 3.8) is 0 Å². The molecule has 3 amide bonds. The van der Waals surface area contributed by atoms with Gasteiger partial charge in [0.2, 0.25) is 17.8 Å². The monoisotopic (exact) mass is 450 g/mol. The molecule has 2 N–H and O–H groups in total. The van der Waals surface area contributed by atoms with Crippen molar-refractivity contribution in [2.45, 2.75) is 0 Å². The predicted molar refractivity (Wildman–Crippen MR) is 113 cm³/mol. The van der Waals surface area contributed by atoms with Crippen LogP contribution in [0.1, 0.15) is 10.4 Å². The fourth-order valence-corrected chi connectivity index (χ4v) is 3.38. The van der Waals surface area contributed by atoms with Crippen molar-refractivity contribution < 1.29 is 14.4 Å². The predicted octanol–water partition coefficient (Wildman–Crippen LogP) is 0.978. The number of carbonyl (C=O) groups excluding carboxylic acids is 3. The second kappa shape index (κ2) is 10.2. The summed E-state index contributed by atoms with van der Waals surface area (Å²) in [5.74, 6) is -0.533. The minimum Gasteiger partial charge on any atom is -0.345 e. The molecule has 3 rings (SSSR count). The summed E-state index contributed by atoms with van der Waals surface area (Å²) in [5, 5.41) is 5.58. The number of piperazine rings is 1. The van der Waals surface area contributed by atoms with Gasteiger partial charge in [0.25, 0.3) is 5.91 Å². The number of rotatable bonds is 6. The van der Waals surface area contributed by atoms with Crippen LogP contribution in [0.25, 0.3) is 0 Å². The number of hydrogen-bond acceptors (Lipinski definition) is 6. The Morgan fingerprint density at radius 1 is 0.967 bits per heavy atom. The van der Waals surface area contributed by atoms with Gasteiger partial charge in [-0.15, -0.1) is 0 Å². The zero-order valence-corrected chi connectivity index (χ0v) is 17.5. The molecule has 0 radical (unpaired) electrons. The van der Waals surface area contributed by atoms with Crippen molar-refractivity contribution in [1.29, 1.82) is 0 Å². The maximum atomic E-state index is 12.3. The van der Waals surface area contributed by atoms with Gasteiger partial charge in [0.05, 0.1) is 23.7 Å². The van der Waals surface area contributed by atoms with Crippen LogP contribution in [-0.4, -0.2) is 71.9 Å². The Morgan fingerprint density at radius 3 is 2.33 bits per heavy atom. The van der Waals surface area contributed by atoms with Crippen LogP contribution in [0.3, 0.4) is 0 Å². The van der Waals surface area contributed by atoms with E-state index in [0.29, 0.717) is 37.1 Å². The highest BCUT2D eigenvalue weighted by Crippen LogP contribution is 2.20. The highest BCUT2D eigenvalue weighted by atomic mass is 35.5. The first-order chi connectivity index (χ1) is 14.4. The van der Waals surface area contributed by atoms with Crippen molar-refractivity contribution >= 4 is 46.9 Å². The second-order valence-corrected chi connectivity index (χ2v) is 7.34. The highest BCUT2D eigenvalue weighted by Gasteiger charge is 2.22. The maximum Gasteiger partial charge on any atom is 0.253 e. The first kappa shape index (κ1) is 21.8. The molecule has 1 aromatic carbocycles. The lowest BCUT2D eigenvalue weighted by Crippen LogP contribution is -2.52. The molecule has 2 aromatic rings. The lowest BCUT2D eigenvalue weighted by atomic mass is 10.2. The van der Waals surface area contributed by atoms with E-state index in [-0.39, 0.29) is 29.6 Å². The van der Waals surface area contributed by atoms with Crippen molar-refractivity contribution in [2.75, 3.05) is 44.2 Å². The summed E-state index contributed by atoms with van der Waals surface area (Å²) >= 11 is 11.8. The number of amides is 3. The third kappa shape index (κ3) is 5.80. The molecule has 0 bridgehead atoms. The molecule has 1 saturated heterocycles. The van der Waals surface area contributed by atoms with E-state index < -0.39 is 11.8 Å². The molecule has 1 aliphatic rings.